The largest absolute Gasteiger partial charge is 0.455 e. The van der Waals surface area contributed by atoms with Gasteiger partial charge < -0.3 is 29.3 Å². The summed E-state index contributed by atoms with van der Waals surface area (Å²) >= 11 is 3.62. The van der Waals surface area contributed by atoms with Crippen molar-refractivity contribution in [3.05, 3.63) is 58.6 Å². The number of esters is 1. The molecule has 1 saturated carbocycles. The molecule has 5 aliphatic rings. The maximum Gasteiger partial charge on any atom is 0.313 e. The molecule has 1 N–H and O–H groups in total. The molecule has 0 unspecified atom stereocenters. The Morgan fingerprint density at radius 1 is 1.00 bits per heavy atom. The fraction of sp³-hybridized carbons (Fsp3) is 0.600. The van der Waals surface area contributed by atoms with Crippen molar-refractivity contribution < 1.29 is 33.8 Å². The van der Waals surface area contributed by atoms with Crippen LogP contribution in [-0.4, -0.2) is 100 Å². The average Bonchev–Trinajstić information content (AvgIpc) is 3.66. The van der Waals surface area contributed by atoms with Crippen LogP contribution in [0.15, 0.2) is 53.0 Å². The van der Waals surface area contributed by atoms with Crippen LogP contribution in [0.1, 0.15) is 70.0 Å². The highest BCUT2D eigenvalue weighted by atomic mass is 79.9. The van der Waals surface area contributed by atoms with Gasteiger partial charge in [-0.1, -0.05) is 77.7 Å². The molecule has 11 heteroatoms. The zero-order valence-corrected chi connectivity index (χ0v) is 28.1. The summed E-state index contributed by atoms with van der Waals surface area (Å²) in [6, 6.07) is 7.82. The first-order valence-corrected chi connectivity index (χ1v) is 17.4. The number of rotatable bonds is 5. The molecule has 46 heavy (non-hydrogen) atoms. The molecule has 3 fully saturated rings. The van der Waals surface area contributed by atoms with E-state index in [0.29, 0.717) is 23.9 Å². The van der Waals surface area contributed by atoms with Crippen molar-refractivity contribution in [2.45, 2.75) is 94.2 Å². The fourth-order valence-corrected chi connectivity index (χ4v) is 8.86. The van der Waals surface area contributed by atoms with Gasteiger partial charge in [-0.3, -0.25) is 19.2 Å². The minimum atomic E-state index is -1.36. The zero-order valence-electron chi connectivity index (χ0n) is 26.6. The summed E-state index contributed by atoms with van der Waals surface area (Å²) in [5.74, 6) is -3.22. The number of likely N-dealkylation sites (N-methyl/N-ethyl adjacent to an activating group) is 1. The highest BCUT2D eigenvalue weighted by Crippen LogP contribution is 2.59. The second-order valence-electron chi connectivity index (χ2n) is 13.2. The van der Waals surface area contributed by atoms with Gasteiger partial charge >= 0.3 is 5.97 Å². The van der Waals surface area contributed by atoms with E-state index < -0.39 is 47.7 Å². The molecule has 248 valence electrons. The number of likely N-dealkylation sites (tertiary alicyclic amines) is 1. The van der Waals surface area contributed by atoms with E-state index in [9.17, 15) is 24.3 Å². The third kappa shape index (κ3) is 5.72. The predicted molar refractivity (Wildman–Crippen MR) is 173 cm³/mol. The molecule has 5 bridgehead atoms. The maximum absolute atomic E-state index is 14.8. The smallest absolute Gasteiger partial charge is 0.313 e. The number of cyclic esters (lactones) is 1. The zero-order chi connectivity index (χ0) is 32.6. The van der Waals surface area contributed by atoms with Gasteiger partial charge in [-0.25, -0.2) is 0 Å². The summed E-state index contributed by atoms with van der Waals surface area (Å²) < 4.78 is 13.5. The summed E-state index contributed by atoms with van der Waals surface area (Å²) in [4.78, 5) is 61.9. The second-order valence-corrected chi connectivity index (χ2v) is 14.2. The van der Waals surface area contributed by atoms with Crippen LogP contribution in [-0.2, 0) is 28.7 Å². The van der Waals surface area contributed by atoms with Crippen LogP contribution in [0.25, 0.3) is 0 Å². The topological polar surface area (TPSA) is 117 Å². The summed E-state index contributed by atoms with van der Waals surface area (Å²) in [5, 5.41) is 9.74. The summed E-state index contributed by atoms with van der Waals surface area (Å²) in [7, 11) is 1.72. The minimum Gasteiger partial charge on any atom is -0.455 e. The van der Waals surface area contributed by atoms with E-state index in [1.165, 1.54) is 4.90 Å². The van der Waals surface area contributed by atoms with Crippen molar-refractivity contribution in [2.24, 2.45) is 11.8 Å². The molecule has 4 aliphatic heterocycles. The molecule has 1 aliphatic carbocycles. The van der Waals surface area contributed by atoms with Crippen molar-refractivity contribution >= 4 is 39.6 Å². The van der Waals surface area contributed by atoms with E-state index in [-0.39, 0.29) is 43.3 Å². The lowest BCUT2D eigenvalue weighted by Gasteiger charge is -2.40. The monoisotopic (exact) mass is 697 g/mol. The van der Waals surface area contributed by atoms with Crippen LogP contribution >= 0.6 is 15.9 Å². The number of ether oxygens (including phenoxy) is 2. The molecule has 1 aromatic carbocycles. The van der Waals surface area contributed by atoms with Crippen LogP contribution in [0.2, 0.25) is 0 Å². The van der Waals surface area contributed by atoms with Gasteiger partial charge in [-0.15, -0.1) is 0 Å². The van der Waals surface area contributed by atoms with Gasteiger partial charge in [0.25, 0.3) is 0 Å². The first-order valence-electron chi connectivity index (χ1n) is 16.6. The number of aliphatic hydroxyl groups excluding tert-OH is 1. The maximum atomic E-state index is 14.8. The molecule has 10 nitrogen and oxygen atoms in total. The molecule has 0 radical (unpaired) electrons. The molecular formula is C35H44BrN3O7. The Hall–Kier alpha value is -3.02. The molecule has 2 saturated heterocycles. The lowest BCUT2D eigenvalue weighted by Crippen LogP contribution is -2.58. The Balaban J connectivity index is 1.45. The molecule has 0 aromatic heterocycles. The molecule has 6 rings (SSSR count). The van der Waals surface area contributed by atoms with Crippen LogP contribution in [0.4, 0.5) is 0 Å². The number of benzene rings is 1. The number of amides is 3. The Labute approximate surface area is 278 Å². The van der Waals surface area contributed by atoms with Crippen molar-refractivity contribution in [3.63, 3.8) is 0 Å². The number of carbonyl (C=O) groups excluding carboxylic acids is 4. The van der Waals surface area contributed by atoms with Crippen molar-refractivity contribution in [2.75, 3.05) is 26.7 Å². The van der Waals surface area contributed by atoms with E-state index in [1.54, 1.807) is 11.9 Å². The second kappa shape index (κ2) is 13.6. The lowest BCUT2D eigenvalue weighted by molar-refractivity contribution is -0.164. The highest BCUT2D eigenvalue weighted by Gasteiger charge is 2.75. The number of nitrogens with zero attached hydrogens (tertiary/aromatic N) is 3. The SMILES string of the molecule is C[C@@H]1[C@@H](c2ccccc2)OC(=O)[C@@H]2[C@H]3O[C@@]4(C=C3Br)[C@H](C(=O)N(C3CCCCC3)C/C=C\CCC(=O)N1C)N(CCCO)C(=O)[C@@H]24. The summed E-state index contributed by atoms with van der Waals surface area (Å²) in [6.45, 7) is 2.22. The number of aliphatic hydroxyl groups is 1. The predicted octanol–water partition coefficient (Wildman–Crippen LogP) is 3.88. The van der Waals surface area contributed by atoms with Crippen molar-refractivity contribution in [1.82, 2.24) is 14.7 Å². The van der Waals surface area contributed by atoms with Gasteiger partial charge in [0.1, 0.15) is 29.8 Å². The Morgan fingerprint density at radius 2 is 1.74 bits per heavy atom. The van der Waals surface area contributed by atoms with E-state index >= 15 is 0 Å². The van der Waals surface area contributed by atoms with Crippen LogP contribution in [0, 0.1) is 11.8 Å². The van der Waals surface area contributed by atoms with E-state index in [1.807, 2.05) is 60.4 Å². The van der Waals surface area contributed by atoms with Gasteiger partial charge in [-0.05, 0) is 44.2 Å². The fourth-order valence-electron chi connectivity index (χ4n) is 8.13. The number of fused-ring (bicyclic) bond motifs is 2. The molecular weight excluding hydrogens is 654 g/mol. The van der Waals surface area contributed by atoms with Gasteiger partial charge in [-0.2, -0.15) is 0 Å². The molecule has 4 heterocycles. The minimum absolute atomic E-state index is 0.00487. The number of hydrogen-bond acceptors (Lipinski definition) is 7. The van der Waals surface area contributed by atoms with Crippen molar-refractivity contribution in [1.29, 1.82) is 0 Å². The van der Waals surface area contributed by atoms with Gasteiger partial charge in [0.2, 0.25) is 17.7 Å². The third-order valence-corrected chi connectivity index (χ3v) is 11.3. The van der Waals surface area contributed by atoms with Crippen molar-refractivity contribution in [3.8, 4) is 0 Å². The quantitative estimate of drug-likeness (QED) is 0.367. The molecule has 7 atom stereocenters. The molecule has 3 amide bonds. The number of carbonyl (C=O) groups is 4. The number of allylic oxidation sites excluding steroid dienone is 1. The number of hydrogen-bond donors (Lipinski definition) is 1. The third-order valence-electron chi connectivity index (χ3n) is 10.6. The highest BCUT2D eigenvalue weighted by molar-refractivity contribution is 9.11. The Kier molecular flexibility index (Phi) is 9.73. The van der Waals surface area contributed by atoms with Gasteiger partial charge in [0.05, 0.1) is 12.0 Å². The van der Waals surface area contributed by atoms with Crippen LogP contribution in [0.5, 0.6) is 0 Å². The average molecular weight is 699 g/mol. The Morgan fingerprint density at radius 3 is 2.46 bits per heavy atom. The normalized spacial score (nSPS) is 35.0. The molecule has 1 spiro atoms. The van der Waals surface area contributed by atoms with Gasteiger partial charge in [0, 0.05) is 43.7 Å². The first kappa shape index (κ1) is 32.9. The first-order chi connectivity index (χ1) is 22.2. The van der Waals surface area contributed by atoms with Gasteiger partial charge in [0.15, 0.2) is 0 Å². The lowest BCUT2D eigenvalue weighted by atomic mass is 9.74. The summed E-state index contributed by atoms with van der Waals surface area (Å²) in [6.07, 6.45) is 10.1. The van der Waals surface area contributed by atoms with E-state index in [0.717, 1.165) is 37.7 Å². The summed E-state index contributed by atoms with van der Waals surface area (Å²) in [5.41, 5.74) is -0.630. The molecule has 1 aromatic rings. The Bertz CT molecular complexity index is 1400. The van der Waals surface area contributed by atoms with Crippen LogP contribution in [0.3, 0.4) is 0 Å². The van der Waals surface area contributed by atoms with Crippen LogP contribution < -0.4 is 0 Å². The number of halogens is 1. The van der Waals surface area contributed by atoms with E-state index in [4.69, 9.17) is 9.47 Å². The van der Waals surface area contributed by atoms with E-state index in [2.05, 4.69) is 15.9 Å². The standard InChI is InChI=1S/C35H44BrN3O7/c1-22-29(23-13-6-3-7-14-23)45-34(44)27-28-32(42)39(19-12-20-40)31(35(28)21-25(36)30(27)46-35)33(43)38(24-15-8-4-9-16-24)18-11-5-10-17-26(41)37(22)2/h3,5-7,11,13-14,21-22,24,27-31,40H,4,8-10,12,15-20H2,1-2H3/b11-5-/t22-,27+,28-,29+,30+,31+,35-/m1/s1.